The lowest BCUT2D eigenvalue weighted by Gasteiger charge is -2.39. The molecule has 2 atom stereocenters. The highest BCUT2D eigenvalue weighted by Crippen LogP contribution is 2.28. The van der Waals surface area contributed by atoms with Crippen molar-refractivity contribution in [3.8, 4) is 0 Å². The Kier molecular flexibility index (Phi) is 6.78. The van der Waals surface area contributed by atoms with E-state index in [2.05, 4.69) is 40.6 Å². The smallest absolute Gasteiger partial charge is 0.227 e. The van der Waals surface area contributed by atoms with Crippen molar-refractivity contribution in [2.75, 3.05) is 18.0 Å². The third kappa shape index (κ3) is 4.70. The predicted molar refractivity (Wildman–Crippen MR) is 106 cm³/mol. The number of nitrogens with one attached hydrogen (secondary N) is 1. The zero-order chi connectivity index (χ0) is 18.2. The average Bonchev–Trinajstić information content (AvgIpc) is 2.72. The Labute approximate surface area is 156 Å². The molecule has 138 valence electrons. The van der Waals surface area contributed by atoms with Gasteiger partial charge in [0.1, 0.15) is 0 Å². The maximum Gasteiger partial charge on any atom is 0.227 e. The van der Waals surface area contributed by atoms with Crippen LogP contribution in [0.1, 0.15) is 38.2 Å². The van der Waals surface area contributed by atoms with E-state index in [0.29, 0.717) is 12.3 Å². The van der Waals surface area contributed by atoms with Crippen molar-refractivity contribution in [3.63, 3.8) is 0 Å². The van der Waals surface area contributed by atoms with E-state index in [0.717, 1.165) is 31.6 Å². The molecule has 2 heterocycles. The monoisotopic (exact) mass is 351 g/mol. The van der Waals surface area contributed by atoms with E-state index < -0.39 is 0 Å². The van der Waals surface area contributed by atoms with Crippen LogP contribution in [0.2, 0.25) is 0 Å². The van der Waals surface area contributed by atoms with Crippen LogP contribution < -0.4 is 10.2 Å². The Bertz CT molecular complexity index is 668. The van der Waals surface area contributed by atoms with Gasteiger partial charge in [-0.1, -0.05) is 37.3 Å². The lowest BCUT2D eigenvalue weighted by molar-refractivity contribution is -0.119. The van der Waals surface area contributed by atoms with Gasteiger partial charge in [-0.3, -0.25) is 9.78 Å². The molecule has 2 unspecified atom stereocenters. The second-order valence-electron chi connectivity index (χ2n) is 7.03. The van der Waals surface area contributed by atoms with E-state index in [1.54, 1.807) is 6.20 Å². The van der Waals surface area contributed by atoms with Crippen LogP contribution in [0.5, 0.6) is 0 Å². The first-order valence-electron chi connectivity index (χ1n) is 9.76. The molecule has 0 spiro atoms. The molecule has 1 amide bonds. The summed E-state index contributed by atoms with van der Waals surface area (Å²) >= 11 is 0. The van der Waals surface area contributed by atoms with Crippen LogP contribution in [0.4, 0.5) is 5.69 Å². The maximum absolute atomic E-state index is 12.9. The van der Waals surface area contributed by atoms with Crippen molar-refractivity contribution in [1.82, 2.24) is 10.3 Å². The molecule has 1 aromatic carbocycles. The molecule has 1 N–H and O–H groups in total. The Morgan fingerprint density at radius 3 is 2.77 bits per heavy atom. The molecular weight excluding hydrogens is 322 g/mol. The van der Waals surface area contributed by atoms with Gasteiger partial charge >= 0.3 is 0 Å². The number of carbonyl (C=O) groups is 1. The number of hydrogen-bond acceptors (Lipinski definition) is 3. The van der Waals surface area contributed by atoms with Crippen molar-refractivity contribution in [3.05, 3.63) is 60.4 Å². The number of piperidine rings is 1. The molecule has 1 aliphatic rings. The Morgan fingerprint density at radius 1 is 1.27 bits per heavy atom. The van der Waals surface area contributed by atoms with Crippen LogP contribution in [-0.4, -0.2) is 30.0 Å². The quantitative estimate of drug-likeness (QED) is 0.825. The zero-order valence-electron chi connectivity index (χ0n) is 15.6. The normalized spacial score (nSPS) is 18.3. The highest BCUT2D eigenvalue weighted by atomic mass is 16.2. The van der Waals surface area contributed by atoms with Gasteiger partial charge in [-0.15, -0.1) is 0 Å². The summed E-state index contributed by atoms with van der Waals surface area (Å²) in [4.78, 5) is 19.2. The maximum atomic E-state index is 12.9. The molecule has 1 fully saturated rings. The van der Waals surface area contributed by atoms with Gasteiger partial charge in [-0.05, 0) is 62.4 Å². The molecule has 1 aliphatic heterocycles. The zero-order valence-corrected chi connectivity index (χ0v) is 15.6. The Balaban J connectivity index is 1.86. The summed E-state index contributed by atoms with van der Waals surface area (Å²) < 4.78 is 0. The van der Waals surface area contributed by atoms with Gasteiger partial charge in [0.05, 0.1) is 11.9 Å². The molecule has 1 saturated heterocycles. The average molecular weight is 351 g/mol. The minimum absolute atomic E-state index is 0.182. The van der Waals surface area contributed by atoms with Gasteiger partial charge < -0.3 is 10.2 Å². The van der Waals surface area contributed by atoms with Crippen LogP contribution in [-0.2, 0) is 11.2 Å². The predicted octanol–water partition coefficient (Wildman–Crippen LogP) is 3.83. The fraction of sp³-hybridized carbons (Fsp3) is 0.455. The summed E-state index contributed by atoms with van der Waals surface area (Å²) in [5.74, 6) is 0.657. The van der Waals surface area contributed by atoms with Crippen LogP contribution in [0.3, 0.4) is 0 Å². The number of benzene rings is 1. The molecule has 0 radical (unpaired) electrons. The Hall–Kier alpha value is -2.20. The summed E-state index contributed by atoms with van der Waals surface area (Å²) in [6.45, 7) is 4.00. The van der Waals surface area contributed by atoms with Crippen molar-refractivity contribution in [1.29, 1.82) is 0 Å². The number of pyridine rings is 1. The fourth-order valence-electron chi connectivity index (χ4n) is 3.93. The number of amides is 1. The van der Waals surface area contributed by atoms with E-state index in [1.807, 2.05) is 30.2 Å². The number of anilines is 1. The Morgan fingerprint density at radius 2 is 2.12 bits per heavy atom. The molecule has 0 saturated carbocycles. The molecule has 0 bridgehead atoms. The van der Waals surface area contributed by atoms with E-state index in [-0.39, 0.29) is 11.9 Å². The first kappa shape index (κ1) is 18.6. The first-order valence-corrected chi connectivity index (χ1v) is 9.76. The van der Waals surface area contributed by atoms with Crippen LogP contribution >= 0.6 is 0 Å². The number of carbonyl (C=O) groups excluding carboxylic acids is 1. The SMILES string of the molecule is CCC(=O)N(c1cccnc1)C(CCc1ccccc1)C1CCCNC1. The van der Waals surface area contributed by atoms with Gasteiger partial charge in [0.2, 0.25) is 5.91 Å². The standard InChI is InChI=1S/C22H29N3O/c1-2-22(26)25(20-11-7-15-24-17-20)21(19-10-6-14-23-16-19)13-12-18-8-4-3-5-9-18/h3-5,7-9,11,15,17,19,21,23H,2,6,10,12-14,16H2,1H3. The lowest BCUT2D eigenvalue weighted by atomic mass is 9.86. The minimum atomic E-state index is 0.182. The first-order chi connectivity index (χ1) is 12.8. The van der Waals surface area contributed by atoms with Gasteiger partial charge in [0, 0.05) is 18.7 Å². The van der Waals surface area contributed by atoms with Crippen LogP contribution in [0, 0.1) is 5.92 Å². The van der Waals surface area contributed by atoms with E-state index >= 15 is 0 Å². The molecule has 4 nitrogen and oxygen atoms in total. The number of aromatic nitrogens is 1. The highest BCUT2D eigenvalue weighted by molar-refractivity contribution is 5.93. The molecule has 2 aromatic rings. The number of nitrogens with zero attached hydrogens (tertiary/aromatic N) is 2. The van der Waals surface area contributed by atoms with Gasteiger partial charge in [0.15, 0.2) is 0 Å². The van der Waals surface area contributed by atoms with E-state index in [9.17, 15) is 4.79 Å². The third-order valence-electron chi connectivity index (χ3n) is 5.28. The lowest BCUT2D eigenvalue weighted by Crippen LogP contribution is -2.49. The van der Waals surface area contributed by atoms with Crippen LogP contribution in [0.15, 0.2) is 54.9 Å². The number of rotatable bonds is 7. The number of aryl methyl sites for hydroxylation is 1. The summed E-state index contributed by atoms with van der Waals surface area (Å²) in [5, 5.41) is 3.52. The van der Waals surface area contributed by atoms with Crippen molar-refractivity contribution < 1.29 is 4.79 Å². The van der Waals surface area contributed by atoms with Crippen molar-refractivity contribution >= 4 is 11.6 Å². The highest BCUT2D eigenvalue weighted by Gasteiger charge is 2.32. The topological polar surface area (TPSA) is 45.2 Å². The minimum Gasteiger partial charge on any atom is -0.316 e. The summed E-state index contributed by atoms with van der Waals surface area (Å²) in [6, 6.07) is 14.7. The molecule has 26 heavy (non-hydrogen) atoms. The second-order valence-corrected chi connectivity index (χ2v) is 7.03. The van der Waals surface area contributed by atoms with Crippen molar-refractivity contribution in [2.24, 2.45) is 5.92 Å². The van der Waals surface area contributed by atoms with Gasteiger partial charge in [0.25, 0.3) is 0 Å². The van der Waals surface area contributed by atoms with Crippen molar-refractivity contribution in [2.45, 2.75) is 45.1 Å². The summed E-state index contributed by atoms with van der Waals surface area (Å²) in [5.41, 5.74) is 2.25. The van der Waals surface area contributed by atoms with E-state index in [1.165, 1.54) is 18.4 Å². The van der Waals surface area contributed by atoms with E-state index in [4.69, 9.17) is 0 Å². The largest absolute Gasteiger partial charge is 0.316 e. The third-order valence-corrected chi connectivity index (χ3v) is 5.28. The second kappa shape index (κ2) is 9.48. The van der Waals surface area contributed by atoms with Gasteiger partial charge in [-0.2, -0.15) is 0 Å². The molecule has 4 heteroatoms. The summed E-state index contributed by atoms with van der Waals surface area (Å²) in [6.07, 6.45) is 8.39. The molecule has 0 aliphatic carbocycles. The van der Waals surface area contributed by atoms with Gasteiger partial charge in [-0.25, -0.2) is 0 Å². The molecule has 3 rings (SSSR count). The number of hydrogen-bond donors (Lipinski definition) is 1. The molecule has 1 aromatic heterocycles. The fourth-order valence-corrected chi connectivity index (χ4v) is 3.93. The molecular formula is C22H29N3O. The van der Waals surface area contributed by atoms with Crippen LogP contribution in [0.25, 0.3) is 0 Å². The summed E-state index contributed by atoms with van der Waals surface area (Å²) in [7, 11) is 0.